The number of ether oxygens (including phenoxy) is 1. The molecule has 0 bridgehead atoms. The summed E-state index contributed by atoms with van der Waals surface area (Å²) < 4.78 is 7.87. The van der Waals surface area contributed by atoms with Crippen LogP contribution in [-0.4, -0.2) is 22.6 Å². The molecule has 6 nitrogen and oxygen atoms in total. The highest BCUT2D eigenvalue weighted by atomic mass is 32.2. The highest BCUT2D eigenvalue weighted by Gasteiger charge is 2.14. The third-order valence-corrected chi connectivity index (χ3v) is 6.77. The van der Waals surface area contributed by atoms with E-state index in [1.165, 1.54) is 13.2 Å². The molecule has 0 saturated heterocycles. The van der Waals surface area contributed by atoms with Gasteiger partial charge in [0, 0.05) is 34.3 Å². The highest BCUT2D eigenvalue weighted by Crippen LogP contribution is 2.26. The van der Waals surface area contributed by atoms with Gasteiger partial charge in [0.05, 0.1) is 13.3 Å². The molecule has 0 radical (unpaired) electrons. The molecule has 0 spiro atoms. The Morgan fingerprint density at radius 2 is 1.90 bits per heavy atom. The zero-order chi connectivity index (χ0) is 21.8. The van der Waals surface area contributed by atoms with E-state index >= 15 is 0 Å². The largest absolute Gasteiger partial charge is 0.491 e. The Hall–Kier alpha value is -2.58. The van der Waals surface area contributed by atoms with Gasteiger partial charge in [-0.25, -0.2) is 4.98 Å². The Labute approximate surface area is 184 Å². The first-order valence-electron chi connectivity index (χ1n) is 9.47. The second kappa shape index (κ2) is 9.49. The number of thioether (sulfide) groups is 1. The van der Waals surface area contributed by atoms with E-state index in [1.807, 2.05) is 45.2 Å². The number of carbonyl (C=O) groups is 1. The maximum absolute atomic E-state index is 12.8. The van der Waals surface area contributed by atoms with Crippen LogP contribution in [0.1, 0.15) is 28.1 Å². The molecule has 0 aliphatic rings. The van der Waals surface area contributed by atoms with Crippen molar-refractivity contribution >= 4 is 34.7 Å². The number of hydrogen-bond acceptors (Lipinski definition) is 6. The smallest absolute Gasteiger partial charge is 0.244 e. The lowest BCUT2D eigenvalue weighted by Crippen LogP contribution is -2.23. The number of anilines is 1. The molecular weight excluding hydrogens is 418 g/mol. The number of aromatic nitrogens is 2. The Balaban J connectivity index is 1.82. The van der Waals surface area contributed by atoms with Gasteiger partial charge in [-0.05, 0) is 38.8 Å². The van der Waals surface area contributed by atoms with Crippen molar-refractivity contribution in [3.63, 3.8) is 0 Å². The number of rotatable bonds is 7. The quantitative estimate of drug-likeness (QED) is 0.545. The zero-order valence-corrected chi connectivity index (χ0v) is 19.4. The number of carbonyl (C=O) groups excluding carboxylic acids is 1. The minimum Gasteiger partial charge on any atom is -0.491 e. The summed E-state index contributed by atoms with van der Waals surface area (Å²) >= 11 is 3.11. The van der Waals surface area contributed by atoms with E-state index in [1.54, 1.807) is 33.9 Å². The average Bonchev–Trinajstić information content (AvgIpc) is 3.09. The van der Waals surface area contributed by atoms with Crippen LogP contribution in [0.5, 0.6) is 5.75 Å². The molecule has 0 atom stereocenters. The molecule has 0 aliphatic heterocycles. The summed E-state index contributed by atoms with van der Waals surface area (Å²) in [6, 6.07) is 5.62. The number of methoxy groups -OCH3 is 1. The van der Waals surface area contributed by atoms with Crippen molar-refractivity contribution in [2.24, 2.45) is 0 Å². The third kappa shape index (κ3) is 5.31. The molecule has 30 heavy (non-hydrogen) atoms. The van der Waals surface area contributed by atoms with Crippen molar-refractivity contribution < 1.29 is 9.53 Å². The topological polar surface area (TPSA) is 73.2 Å². The molecule has 0 aliphatic carbocycles. The lowest BCUT2D eigenvalue weighted by molar-refractivity contribution is -0.116. The van der Waals surface area contributed by atoms with Crippen LogP contribution in [0.4, 0.5) is 5.69 Å². The Bertz CT molecular complexity index is 1110. The summed E-state index contributed by atoms with van der Waals surface area (Å²) in [5.41, 5.74) is 5.54. The first kappa shape index (κ1) is 22.1. The standard InChI is InChI=1S/C22H25N3O3S2/c1-13-6-14(2)21(15(3)7-13)24-20(27)10-25-9-19(28-5)18(26)8-17(25)12-30-22-23-16(4)11-29-22/h6-9,11H,10,12H2,1-5H3,(H,24,27). The normalized spacial score (nSPS) is 10.8. The van der Waals surface area contributed by atoms with Gasteiger partial charge in [0.15, 0.2) is 5.75 Å². The van der Waals surface area contributed by atoms with Crippen LogP contribution in [0.3, 0.4) is 0 Å². The van der Waals surface area contributed by atoms with Crippen LogP contribution in [0.25, 0.3) is 0 Å². The first-order valence-corrected chi connectivity index (χ1v) is 11.3. The van der Waals surface area contributed by atoms with Crippen molar-refractivity contribution in [3.8, 4) is 5.75 Å². The molecule has 158 valence electrons. The van der Waals surface area contributed by atoms with Crippen molar-refractivity contribution in [1.29, 1.82) is 0 Å². The van der Waals surface area contributed by atoms with E-state index in [2.05, 4.69) is 10.3 Å². The maximum atomic E-state index is 12.8. The first-order chi connectivity index (χ1) is 14.3. The predicted octanol–water partition coefficient (Wildman–Crippen LogP) is 4.48. The van der Waals surface area contributed by atoms with Gasteiger partial charge >= 0.3 is 0 Å². The second-order valence-electron chi connectivity index (χ2n) is 7.19. The third-order valence-electron chi connectivity index (χ3n) is 4.60. The number of thiazole rings is 1. The molecule has 1 aromatic carbocycles. The van der Waals surface area contributed by atoms with E-state index in [0.29, 0.717) is 5.75 Å². The summed E-state index contributed by atoms with van der Waals surface area (Å²) in [6.45, 7) is 8.03. The summed E-state index contributed by atoms with van der Waals surface area (Å²) in [6.07, 6.45) is 1.60. The molecule has 0 unspecified atom stereocenters. The van der Waals surface area contributed by atoms with Gasteiger partial charge in [-0.15, -0.1) is 11.3 Å². The fourth-order valence-electron chi connectivity index (χ4n) is 3.26. The van der Waals surface area contributed by atoms with Gasteiger partial charge in [-0.1, -0.05) is 29.5 Å². The van der Waals surface area contributed by atoms with E-state index in [0.717, 1.165) is 38.1 Å². The number of pyridine rings is 1. The summed E-state index contributed by atoms with van der Waals surface area (Å²) in [5.74, 6) is 0.582. The van der Waals surface area contributed by atoms with E-state index in [4.69, 9.17) is 4.74 Å². The minimum atomic E-state index is -0.203. The predicted molar refractivity (Wildman–Crippen MR) is 123 cm³/mol. The van der Waals surface area contributed by atoms with Crippen LogP contribution in [0.2, 0.25) is 0 Å². The highest BCUT2D eigenvalue weighted by molar-refractivity contribution is 8.00. The number of amides is 1. The molecule has 3 aromatic rings. The molecular formula is C22H25N3O3S2. The Morgan fingerprint density at radius 3 is 2.50 bits per heavy atom. The number of nitrogens with one attached hydrogen (secondary N) is 1. The van der Waals surface area contributed by atoms with Gasteiger partial charge in [0.2, 0.25) is 11.3 Å². The lowest BCUT2D eigenvalue weighted by atomic mass is 10.1. The van der Waals surface area contributed by atoms with Crippen LogP contribution in [0.15, 0.2) is 38.9 Å². The maximum Gasteiger partial charge on any atom is 0.244 e. The van der Waals surface area contributed by atoms with Crippen molar-refractivity contribution in [2.45, 2.75) is 44.3 Å². The zero-order valence-electron chi connectivity index (χ0n) is 17.7. The summed E-state index contributed by atoms with van der Waals surface area (Å²) in [4.78, 5) is 29.5. The molecule has 3 rings (SSSR count). The Morgan fingerprint density at radius 1 is 1.20 bits per heavy atom. The van der Waals surface area contributed by atoms with Crippen LogP contribution >= 0.6 is 23.1 Å². The minimum absolute atomic E-state index is 0.0796. The van der Waals surface area contributed by atoms with E-state index in [-0.39, 0.29) is 23.6 Å². The number of aryl methyl sites for hydroxylation is 4. The average molecular weight is 444 g/mol. The van der Waals surface area contributed by atoms with Gasteiger partial charge in [0.25, 0.3) is 0 Å². The molecule has 2 aromatic heterocycles. The number of nitrogens with zero attached hydrogens (tertiary/aromatic N) is 2. The molecule has 1 amide bonds. The fraction of sp³-hybridized carbons (Fsp3) is 0.318. The fourth-order valence-corrected chi connectivity index (χ4v) is 5.11. The molecule has 8 heteroatoms. The van der Waals surface area contributed by atoms with Crippen molar-refractivity contribution in [2.75, 3.05) is 12.4 Å². The second-order valence-corrected chi connectivity index (χ2v) is 9.27. The van der Waals surface area contributed by atoms with Gasteiger partial charge in [-0.3, -0.25) is 9.59 Å². The van der Waals surface area contributed by atoms with Crippen molar-refractivity contribution in [1.82, 2.24) is 9.55 Å². The van der Waals surface area contributed by atoms with E-state index < -0.39 is 0 Å². The number of hydrogen-bond donors (Lipinski definition) is 1. The van der Waals surface area contributed by atoms with Crippen molar-refractivity contribution in [3.05, 3.63) is 68.1 Å². The summed E-state index contributed by atoms with van der Waals surface area (Å²) in [5, 5.41) is 5.00. The van der Waals surface area contributed by atoms with Gasteiger partial charge < -0.3 is 14.6 Å². The SMILES string of the molecule is COc1cn(CC(=O)Nc2c(C)cc(C)cc2C)c(CSc2nc(C)cs2)cc1=O. The molecule has 0 fully saturated rings. The summed E-state index contributed by atoms with van der Waals surface area (Å²) in [7, 11) is 1.45. The molecule has 2 heterocycles. The van der Waals surface area contributed by atoms with Crippen LogP contribution in [-0.2, 0) is 17.1 Å². The van der Waals surface area contributed by atoms with Crippen LogP contribution < -0.4 is 15.5 Å². The molecule has 0 saturated carbocycles. The number of benzene rings is 1. The van der Waals surface area contributed by atoms with Gasteiger partial charge in [0.1, 0.15) is 10.9 Å². The Kier molecular flexibility index (Phi) is 6.99. The molecule has 1 N–H and O–H groups in total. The van der Waals surface area contributed by atoms with Crippen LogP contribution in [0, 0.1) is 27.7 Å². The van der Waals surface area contributed by atoms with Gasteiger partial charge in [-0.2, -0.15) is 0 Å². The monoisotopic (exact) mass is 443 g/mol. The lowest BCUT2D eigenvalue weighted by Gasteiger charge is -2.16. The van der Waals surface area contributed by atoms with E-state index in [9.17, 15) is 9.59 Å².